The van der Waals surface area contributed by atoms with Gasteiger partial charge in [0.15, 0.2) is 5.11 Å². The van der Waals surface area contributed by atoms with Crippen molar-refractivity contribution in [3.05, 3.63) is 59.7 Å². The number of carbonyl (C=O) groups is 2. The standard InChI is InChI=1S/C23H26N4O4S2/c24-33(30,31)18-11-5-15(6-12-18)13-14-25-21(28)16-7-9-17(10-8-16)27-22(29)19-3-1-2-4-20(19)26-23(27)32/h5-12,19-20H,1-4,13-14H2,(H,25,28)(H,26,32)(H2,24,30,31). The first-order valence-electron chi connectivity index (χ1n) is 10.9. The Morgan fingerprint density at radius 2 is 1.76 bits per heavy atom. The lowest BCUT2D eigenvalue weighted by Crippen LogP contribution is -2.61. The Morgan fingerprint density at radius 1 is 1.09 bits per heavy atom. The van der Waals surface area contributed by atoms with E-state index < -0.39 is 10.0 Å². The van der Waals surface area contributed by atoms with Crippen molar-refractivity contribution in [1.82, 2.24) is 10.6 Å². The van der Waals surface area contributed by atoms with Crippen molar-refractivity contribution < 1.29 is 18.0 Å². The number of anilines is 1. The van der Waals surface area contributed by atoms with Crippen LogP contribution in [0.3, 0.4) is 0 Å². The third kappa shape index (κ3) is 5.23. The fourth-order valence-corrected chi connectivity index (χ4v) is 5.23. The Balaban J connectivity index is 1.34. The van der Waals surface area contributed by atoms with Crippen LogP contribution in [-0.2, 0) is 21.2 Å². The van der Waals surface area contributed by atoms with Gasteiger partial charge in [-0.3, -0.25) is 14.5 Å². The minimum absolute atomic E-state index is 0.0223. The Bertz CT molecular complexity index is 1160. The second-order valence-electron chi connectivity index (χ2n) is 8.36. The summed E-state index contributed by atoms with van der Waals surface area (Å²) in [5.41, 5.74) is 2.00. The molecule has 1 heterocycles. The molecule has 0 radical (unpaired) electrons. The van der Waals surface area contributed by atoms with Crippen molar-refractivity contribution in [3.63, 3.8) is 0 Å². The van der Waals surface area contributed by atoms with Crippen molar-refractivity contribution in [1.29, 1.82) is 0 Å². The van der Waals surface area contributed by atoms with Crippen LogP contribution in [0, 0.1) is 5.92 Å². The van der Waals surface area contributed by atoms with Crippen LogP contribution in [0.25, 0.3) is 0 Å². The zero-order valence-electron chi connectivity index (χ0n) is 18.0. The quantitative estimate of drug-likeness (QED) is 0.538. The topological polar surface area (TPSA) is 122 Å². The minimum Gasteiger partial charge on any atom is -0.358 e. The van der Waals surface area contributed by atoms with Gasteiger partial charge in [0.05, 0.1) is 16.5 Å². The zero-order chi connectivity index (χ0) is 23.6. The SMILES string of the molecule is NS(=O)(=O)c1ccc(CCNC(=O)c2ccc(N3C(=O)C4CCCCC4NC3=S)cc2)cc1. The lowest BCUT2D eigenvalue weighted by molar-refractivity contribution is -0.123. The summed E-state index contributed by atoms with van der Waals surface area (Å²) in [7, 11) is -3.72. The van der Waals surface area contributed by atoms with Crippen LogP contribution in [-0.4, -0.2) is 37.9 Å². The molecule has 1 aliphatic heterocycles. The fraction of sp³-hybridized carbons (Fsp3) is 0.348. The molecule has 8 nitrogen and oxygen atoms in total. The van der Waals surface area contributed by atoms with Crippen LogP contribution in [0.4, 0.5) is 5.69 Å². The summed E-state index contributed by atoms with van der Waals surface area (Å²) in [5.74, 6) is -0.276. The van der Waals surface area contributed by atoms with Gasteiger partial charge in [-0.05, 0) is 73.4 Å². The first-order chi connectivity index (χ1) is 15.7. The number of fused-ring (bicyclic) bond motifs is 1. The Labute approximate surface area is 198 Å². The van der Waals surface area contributed by atoms with E-state index in [1.165, 1.54) is 17.0 Å². The van der Waals surface area contributed by atoms with Crippen molar-refractivity contribution >= 4 is 44.9 Å². The van der Waals surface area contributed by atoms with E-state index in [1.54, 1.807) is 36.4 Å². The highest BCUT2D eigenvalue weighted by atomic mass is 32.2. The molecule has 2 atom stereocenters. The number of hydrogen-bond donors (Lipinski definition) is 3. The van der Waals surface area contributed by atoms with Gasteiger partial charge in [-0.25, -0.2) is 13.6 Å². The summed E-state index contributed by atoms with van der Waals surface area (Å²) in [5, 5.41) is 11.7. The molecular weight excluding hydrogens is 460 g/mol. The van der Waals surface area contributed by atoms with Crippen LogP contribution in [0.15, 0.2) is 53.4 Å². The molecule has 2 amide bonds. The molecule has 1 aliphatic carbocycles. The van der Waals surface area contributed by atoms with Gasteiger partial charge in [0, 0.05) is 18.2 Å². The summed E-state index contributed by atoms with van der Waals surface area (Å²) in [4.78, 5) is 27.1. The number of nitrogens with one attached hydrogen (secondary N) is 2. The third-order valence-corrected chi connectivity index (χ3v) is 7.38. The van der Waals surface area contributed by atoms with E-state index in [0.29, 0.717) is 29.3 Å². The second kappa shape index (κ2) is 9.58. The molecule has 0 aromatic heterocycles. The molecule has 2 fully saturated rings. The average molecular weight is 487 g/mol. The van der Waals surface area contributed by atoms with Gasteiger partial charge in [-0.1, -0.05) is 25.0 Å². The van der Waals surface area contributed by atoms with Crippen molar-refractivity contribution in [2.75, 3.05) is 11.4 Å². The number of nitrogens with two attached hydrogens (primary N) is 1. The number of hydrogen-bond acceptors (Lipinski definition) is 5. The number of rotatable bonds is 6. The normalized spacial score (nSPS) is 20.7. The van der Waals surface area contributed by atoms with E-state index in [2.05, 4.69) is 10.6 Å². The number of nitrogens with zero attached hydrogens (tertiary/aromatic N) is 1. The van der Waals surface area contributed by atoms with E-state index >= 15 is 0 Å². The molecule has 0 bridgehead atoms. The summed E-state index contributed by atoms with van der Waals surface area (Å²) in [6.07, 6.45) is 4.51. The highest BCUT2D eigenvalue weighted by Crippen LogP contribution is 2.31. The van der Waals surface area contributed by atoms with Crippen LogP contribution in [0.1, 0.15) is 41.6 Å². The predicted molar refractivity (Wildman–Crippen MR) is 129 cm³/mol. The van der Waals surface area contributed by atoms with Crippen LogP contribution >= 0.6 is 12.2 Å². The summed E-state index contributed by atoms with van der Waals surface area (Å²) < 4.78 is 22.6. The Morgan fingerprint density at radius 3 is 2.42 bits per heavy atom. The van der Waals surface area contributed by atoms with E-state index in [1.807, 2.05) is 0 Å². The second-order valence-corrected chi connectivity index (χ2v) is 10.3. The van der Waals surface area contributed by atoms with Crippen LogP contribution < -0.4 is 20.7 Å². The number of benzene rings is 2. The highest BCUT2D eigenvalue weighted by molar-refractivity contribution is 7.89. The van der Waals surface area contributed by atoms with Crippen LogP contribution in [0.5, 0.6) is 0 Å². The maximum absolute atomic E-state index is 13.0. The van der Waals surface area contributed by atoms with Gasteiger partial charge >= 0.3 is 0 Å². The van der Waals surface area contributed by atoms with E-state index in [4.69, 9.17) is 17.4 Å². The summed E-state index contributed by atoms with van der Waals surface area (Å²) in [6.45, 7) is 0.386. The highest BCUT2D eigenvalue weighted by Gasteiger charge is 2.40. The smallest absolute Gasteiger partial charge is 0.251 e. The molecule has 10 heteroatoms. The lowest BCUT2D eigenvalue weighted by atomic mass is 9.82. The molecule has 4 N–H and O–H groups in total. The Kier molecular flexibility index (Phi) is 6.78. The van der Waals surface area contributed by atoms with Gasteiger partial charge in [0.2, 0.25) is 15.9 Å². The largest absolute Gasteiger partial charge is 0.358 e. The number of carbonyl (C=O) groups excluding carboxylic acids is 2. The van der Waals surface area contributed by atoms with Gasteiger partial charge in [-0.2, -0.15) is 0 Å². The van der Waals surface area contributed by atoms with E-state index in [-0.39, 0.29) is 28.7 Å². The van der Waals surface area contributed by atoms with Gasteiger partial charge in [0.25, 0.3) is 5.91 Å². The molecule has 2 unspecified atom stereocenters. The van der Waals surface area contributed by atoms with Gasteiger partial charge < -0.3 is 10.6 Å². The molecule has 1 saturated carbocycles. The van der Waals surface area contributed by atoms with Crippen molar-refractivity contribution in [2.24, 2.45) is 11.1 Å². The lowest BCUT2D eigenvalue weighted by Gasteiger charge is -2.41. The van der Waals surface area contributed by atoms with E-state index in [9.17, 15) is 18.0 Å². The third-order valence-electron chi connectivity index (χ3n) is 6.15. The van der Waals surface area contributed by atoms with Gasteiger partial charge in [0.1, 0.15) is 0 Å². The minimum atomic E-state index is -3.72. The van der Waals surface area contributed by atoms with E-state index in [0.717, 1.165) is 31.2 Å². The van der Waals surface area contributed by atoms with Crippen molar-refractivity contribution in [2.45, 2.75) is 43.0 Å². The zero-order valence-corrected chi connectivity index (χ0v) is 19.6. The predicted octanol–water partition coefficient (Wildman–Crippen LogP) is 2.09. The molecule has 1 saturated heterocycles. The van der Waals surface area contributed by atoms with Gasteiger partial charge in [-0.15, -0.1) is 0 Å². The Hall–Kier alpha value is -2.82. The first kappa shape index (κ1) is 23.3. The summed E-state index contributed by atoms with van der Waals surface area (Å²) in [6, 6.07) is 13.2. The molecule has 2 aromatic rings. The molecule has 4 rings (SSSR count). The molecule has 2 aromatic carbocycles. The van der Waals surface area contributed by atoms with Crippen molar-refractivity contribution in [3.8, 4) is 0 Å². The summed E-state index contributed by atoms with van der Waals surface area (Å²) >= 11 is 5.45. The molecular formula is C23H26N4O4S2. The molecule has 2 aliphatic rings. The number of primary sulfonamides is 1. The first-order valence-corrected chi connectivity index (χ1v) is 12.8. The van der Waals surface area contributed by atoms with Crippen LogP contribution in [0.2, 0.25) is 0 Å². The average Bonchev–Trinajstić information content (AvgIpc) is 2.79. The number of amides is 2. The number of thiocarbonyl (C=S) groups is 1. The molecule has 0 spiro atoms. The fourth-order valence-electron chi connectivity index (χ4n) is 4.36. The maximum Gasteiger partial charge on any atom is 0.251 e. The monoisotopic (exact) mass is 486 g/mol. The number of sulfonamides is 1. The molecule has 33 heavy (non-hydrogen) atoms. The molecule has 174 valence electrons. The maximum atomic E-state index is 13.0.